The third kappa shape index (κ3) is 9.86. The molecule has 2 rings (SSSR count). The van der Waals surface area contributed by atoms with Gasteiger partial charge >= 0.3 is 0 Å². The van der Waals surface area contributed by atoms with Crippen LogP contribution in [-0.2, 0) is 4.79 Å². The van der Waals surface area contributed by atoms with E-state index in [1.807, 2.05) is 0 Å². The number of halogens is 2. The Morgan fingerprint density at radius 3 is 2.42 bits per heavy atom. The molecule has 0 aliphatic heterocycles. The summed E-state index contributed by atoms with van der Waals surface area (Å²) in [5.74, 6) is 0.245. The van der Waals surface area contributed by atoms with Gasteiger partial charge in [-0.25, -0.2) is 0 Å². The molecule has 0 fully saturated rings. The molecule has 2 aromatic carbocycles. The van der Waals surface area contributed by atoms with E-state index in [4.69, 9.17) is 44.9 Å². The number of rotatable bonds is 11. The Kier molecular flexibility index (Phi) is 11.8. The van der Waals surface area contributed by atoms with Gasteiger partial charge in [0.05, 0.1) is 23.8 Å². The highest BCUT2D eigenvalue weighted by Crippen LogP contribution is 2.27. The van der Waals surface area contributed by atoms with E-state index >= 15 is 0 Å². The molecule has 2 amide bonds. The molecule has 0 bridgehead atoms. The maximum absolute atomic E-state index is 12.5. The van der Waals surface area contributed by atoms with Gasteiger partial charge in [-0.05, 0) is 55.4 Å². The molecule has 0 spiro atoms. The molecule has 0 atom stereocenters. The van der Waals surface area contributed by atoms with E-state index in [9.17, 15) is 9.59 Å². The van der Waals surface area contributed by atoms with Crippen molar-refractivity contribution in [3.63, 3.8) is 0 Å². The second-order valence-corrected chi connectivity index (χ2v) is 8.29. The van der Waals surface area contributed by atoms with Crippen LogP contribution in [0.4, 0.5) is 0 Å². The molecule has 0 heterocycles. The van der Waals surface area contributed by atoms with Crippen LogP contribution in [0.1, 0.15) is 49.4 Å². The normalized spacial score (nSPS) is 10.3. The first-order valence-electron chi connectivity index (χ1n) is 10.6. The van der Waals surface area contributed by atoms with Gasteiger partial charge in [-0.3, -0.25) is 25.8 Å². The van der Waals surface area contributed by atoms with Crippen LogP contribution >= 0.6 is 35.4 Å². The Balaban J connectivity index is 1.69. The van der Waals surface area contributed by atoms with Crippen molar-refractivity contribution in [2.24, 2.45) is 0 Å². The highest BCUT2D eigenvalue weighted by molar-refractivity contribution is 7.80. The van der Waals surface area contributed by atoms with Gasteiger partial charge in [0.25, 0.3) is 5.91 Å². The number of benzene rings is 2. The second kappa shape index (κ2) is 14.6. The average molecular weight is 512 g/mol. The fourth-order valence-electron chi connectivity index (χ4n) is 2.71. The van der Waals surface area contributed by atoms with E-state index < -0.39 is 5.91 Å². The van der Waals surface area contributed by atoms with Crippen LogP contribution in [0, 0.1) is 0 Å². The summed E-state index contributed by atoms with van der Waals surface area (Å²) in [7, 11) is 0. The molecule has 0 aliphatic rings. The summed E-state index contributed by atoms with van der Waals surface area (Å²) in [6, 6.07) is 11.9. The summed E-state index contributed by atoms with van der Waals surface area (Å²) in [5, 5.41) is 3.42. The lowest BCUT2D eigenvalue weighted by molar-refractivity contribution is -0.121. The van der Waals surface area contributed by atoms with E-state index in [0.29, 0.717) is 46.7 Å². The summed E-state index contributed by atoms with van der Waals surface area (Å²) >= 11 is 17.0. The van der Waals surface area contributed by atoms with Gasteiger partial charge in [0.15, 0.2) is 5.11 Å². The molecule has 3 N–H and O–H groups in total. The molecule has 0 unspecified atom stereocenters. The van der Waals surface area contributed by atoms with Crippen LogP contribution in [-0.4, -0.2) is 30.1 Å². The lowest BCUT2D eigenvalue weighted by atomic mass is 10.2. The minimum Gasteiger partial charge on any atom is -0.493 e. The molecule has 2 aromatic rings. The standard InChI is InChI=1S/C23H27Cl2N3O4S/c1-2-3-6-13-31-19-9-5-4-8-17(19)22(30)26-23(33)28-27-21(29)10-7-14-32-20-12-11-16(24)15-18(20)25/h4-5,8-9,11-12,15H,2-3,6-7,10,13-14H2,1H3,(H,27,29)(H2,26,28,30,33). The van der Waals surface area contributed by atoms with E-state index in [2.05, 4.69) is 23.1 Å². The summed E-state index contributed by atoms with van der Waals surface area (Å²) in [5.41, 5.74) is 5.33. The van der Waals surface area contributed by atoms with E-state index in [0.717, 1.165) is 19.3 Å². The molecule has 0 saturated heterocycles. The number of para-hydroxylation sites is 1. The van der Waals surface area contributed by atoms with E-state index in [1.165, 1.54) is 0 Å². The number of ether oxygens (including phenoxy) is 2. The highest BCUT2D eigenvalue weighted by atomic mass is 35.5. The number of hydrogen-bond acceptors (Lipinski definition) is 5. The Bertz CT molecular complexity index is 959. The van der Waals surface area contributed by atoms with Crippen molar-refractivity contribution in [1.29, 1.82) is 0 Å². The quantitative estimate of drug-likeness (QED) is 0.222. The Labute approximate surface area is 209 Å². The number of amides is 2. The molecule has 10 heteroatoms. The third-order valence-electron chi connectivity index (χ3n) is 4.38. The van der Waals surface area contributed by atoms with Crippen molar-refractivity contribution in [3.05, 3.63) is 58.1 Å². The number of hydrazine groups is 1. The minimum absolute atomic E-state index is 0.0293. The average Bonchev–Trinajstić information content (AvgIpc) is 2.79. The van der Waals surface area contributed by atoms with Crippen molar-refractivity contribution in [2.75, 3.05) is 13.2 Å². The maximum atomic E-state index is 12.5. The molecule has 0 radical (unpaired) electrons. The molecule has 7 nitrogen and oxygen atoms in total. The molecule has 0 saturated carbocycles. The van der Waals surface area contributed by atoms with Crippen molar-refractivity contribution in [1.82, 2.24) is 16.2 Å². The summed E-state index contributed by atoms with van der Waals surface area (Å²) in [4.78, 5) is 24.5. The molecule has 178 valence electrons. The van der Waals surface area contributed by atoms with Crippen molar-refractivity contribution >= 4 is 52.3 Å². The number of carbonyl (C=O) groups is 2. The zero-order valence-electron chi connectivity index (χ0n) is 18.3. The van der Waals surface area contributed by atoms with Gasteiger partial charge in [-0.2, -0.15) is 0 Å². The lowest BCUT2D eigenvalue weighted by Crippen LogP contribution is -2.48. The van der Waals surface area contributed by atoms with Crippen LogP contribution in [0.15, 0.2) is 42.5 Å². The van der Waals surface area contributed by atoms with Gasteiger partial charge in [0.1, 0.15) is 11.5 Å². The summed E-state index contributed by atoms with van der Waals surface area (Å²) < 4.78 is 11.3. The highest BCUT2D eigenvalue weighted by Gasteiger charge is 2.14. The molecule has 33 heavy (non-hydrogen) atoms. The maximum Gasteiger partial charge on any atom is 0.261 e. The van der Waals surface area contributed by atoms with Crippen LogP contribution in [0.2, 0.25) is 10.0 Å². The van der Waals surface area contributed by atoms with Crippen LogP contribution in [0.3, 0.4) is 0 Å². The van der Waals surface area contributed by atoms with Crippen molar-refractivity contribution < 1.29 is 19.1 Å². The number of thiocarbonyl (C=S) groups is 1. The zero-order valence-corrected chi connectivity index (χ0v) is 20.6. The molecular formula is C23H27Cl2N3O4S. The van der Waals surface area contributed by atoms with E-state index in [-0.39, 0.29) is 17.4 Å². The summed E-state index contributed by atoms with van der Waals surface area (Å²) in [6.45, 7) is 2.94. The fourth-order valence-corrected chi connectivity index (χ4v) is 3.32. The Morgan fingerprint density at radius 2 is 1.67 bits per heavy atom. The Hall–Kier alpha value is -2.55. The second-order valence-electron chi connectivity index (χ2n) is 7.03. The van der Waals surface area contributed by atoms with Crippen LogP contribution in [0.25, 0.3) is 0 Å². The van der Waals surface area contributed by atoms with Crippen LogP contribution in [0.5, 0.6) is 11.5 Å². The number of carbonyl (C=O) groups excluding carboxylic acids is 2. The smallest absolute Gasteiger partial charge is 0.261 e. The van der Waals surface area contributed by atoms with Crippen LogP contribution < -0.4 is 25.6 Å². The van der Waals surface area contributed by atoms with Gasteiger partial charge in [0.2, 0.25) is 5.91 Å². The topological polar surface area (TPSA) is 88.7 Å². The predicted molar refractivity (Wildman–Crippen MR) is 134 cm³/mol. The first-order chi connectivity index (χ1) is 15.9. The van der Waals surface area contributed by atoms with Gasteiger partial charge in [-0.15, -0.1) is 0 Å². The van der Waals surface area contributed by atoms with Gasteiger partial charge in [0, 0.05) is 11.4 Å². The Morgan fingerprint density at radius 1 is 0.939 bits per heavy atom. The zero-order chi connectivity index (χ0) is 24.1. The van der Waals surface area contributed by atoms with E-state index in [1.54, 1.807) is 42.5 Å². The SMILES string of the molecule is CCCCCOc1ccccc1C(=O)NC(=S)NNC(=O)CCCOc1ccc(Cl)cc1Cl. The summed E-state index contributed by atoms with van der Waals surface area (Å²) in [6.07, 6.45) is 3.69. The van der Waals surface area contributed by atoms with Crippen molar-refractivity contribution in [3.8, 4) is 11.5 Å². The van der Waals surface area contributed by atoms with Crippen molar-refractivity contribution in [2.45, 2.75) is 39.0 Å². The molecule has 0 aliphatic carbocycles. The fraction of sp³-hybridized carbons (Fsp3) is 0.348. The monoisotopic (exact) mass is 511 g/mol. The predicted octanol–water partition coefficient (Wildman–Crippen LogP) is 5.06. The number of hydrogen-bond donors (Lipinski definition) is 3. The first-order valence-corrected chi connectivity index (χ1v) is 11.8. The first kappa shape index (κ1) is 26.7. The van der Waals surface area contributed by atoms with Gasteiger partial charge in [-0.1, -0.05) is 55.1 Å². The molecule has 0 aromatic heterocycles. The molecular weight excluding hydrogens is 485 g/mol. The lowest BCUT2D eigenvalue weighted by Gasteiger charge is -2.13. The number of nitrogens with one attached hydrogen (secondary N) is 3. The van der Waals surface area contributed by atoms with Gasteiger partial charge < -0.3 is 9.47 Å². The third-order valence-corrected chi connectivity index (χ3v) is 5.11. The number of unbranched alkanes of at least 4 members (excludes halogenated alkanes) is 2. The largest absolute Gasteiger partial charge is 0.493 e. The minimum atomic E-state index is -0.430.